The SMILES string of the molecule is CC(C)(C)CC(C)(C)c1cc(-n2nc3cc(C(F)(F)F)ccc3[n+]2[O-])c(O)c(C(C)(c2ccccc2)c2ccccc2)c1. The van der Waals surface area contributed by atoms with Gasteiger partial charge in [0.05, 0.1) is 10.7 Å². The highest BCUT2D eigenvalue weighted by molar-refractivity contribution is 5.72. The first-order valence-corrected chi connectivity index (χ1v) is 14.2. The van der Waals surface area contributed by atoms with Crippen LogP contribution in [0.15, 0.2) is 91.0 Å². The molecule has 0 unspecified atom stereocenters. The van der Waals surface area contributed by atoms with E-state index in [2.05, 4.69) is 39.7 Å². The molecule has 5 nitrogen and oxygen atoms in total. The maximum absolute atomic E-state index is 13.6. The van der Waals surface area contributed by atoms with Crippen LogP contribution in [-0.2, 0) is 17.0 Å². The highest BCUT2D eigenvalue weighted by atomic mass is 19.4. The van der Waals surface area contributed by atoms with E-state index in [1.807, 2.05) is 73.7 Å². The van der Waals surface area contributed by atoms with Crippen molar-refractivity contribution in [1.29, 1.82) is 0 Å². The number of aromatic hydroxyl groups is 1. The second-order valence-corrected chi connectivity index (χ2v) is 13.2. The average molecular weight is 588 g/mol. The first kappa shape index (κ1) is 30.1. The van der Waals surface area contributed by atoms with Crippen LogP contribution in [0.4, 0.5) is 13.2 Å². The first-order valence-electron chi connectivity index (χ1n) is 14.2. The Hall–Kier alpha value is -4.33. The maximum atomic E-state index is 13.6. The molecular formula is C35H36F3N3O2. The van der Waals surface area contributed by atoms with E-state index in [0.717, 1.165) is 46.1 Å². The molecule has 4 aromatic carbocycles. The molecule has 224 valence electrons. The standard InChI is InChI=1S/C35H36F3N3O2/c1-32(2,3)22-33(4,5)26-19-27(34(6,23-13-9-7-10-14-23)24-15-11-8-12-16-24)31(42)30(21-26)40-39-28-20-25(35(36,37)38)17-18-29(28)41(40)43/h7-21,42H,22H2,1-6H3. The van der Waals surface area contributed by atoms with Gasteiger partial charge in [0.25, 0.3) is 5.52 Å². The van der Waals surface area contributed by atoms with Gasteiger partial charge in [-0.3, -0.25) is 0 Å². The zero-order valence-electron chi connectivity index (χ0n) is 25.2. The number of alkyl halides is 3. The summed E-state index contributed by atoms with van der Waals surface area (Å²) in [4.78, 5) is 1.38. The zero-order chi connectivity index (χ0) is 31.4. The van der Waals surface area contributed by atoms with Gasteiger partial charge in [-0.05, 0) is 63.9 Å². The minimum Gasteiger partial charge on any atom is -0.692 e. The van der Waals surface area contributed by atoms with Crippen molar-refractivity contribution >= 4 is 11.0 Å². The fourth-order valence-corrected chi connectivity index (χ4v) is 6.33. The van der Waals surface area contributed by atoms with Gasteiger partial charge in [0.1, 0.15) is 0 Å². The Morgan fingerprint density at radius 3 is 1.81 bits per heavy atom. The van der Waals surface area contributed by atoms with Crippen LogP contribution in [0.25, 0.3) is 16.7 Å². The molecule has 0 bridgehead atoms. The molecule has 1 aromatic heterocycles. The number of phenols is 1. The van der Waals surface area contributed by atoms with Crippen molar-refractivity contribution in [3.63, 3.8) is 0 Å². The molecule has 0 saturated heterocycles. The maximum Gasteiger partial charge on any atom is 0.416 e. The fourth-order valence-electron chi connectivity index (χ4n) is 6.33. The molecule has 0 atom stereocenters. The summed E-state index contributed by atoms with van der Waals surface area (Å²) in [6, 6.07) is 26.1. The van der Waals surface area contributed by atoms with Crippen molar-refractivity contribution in [2.75, 3.05) is 0 Å². The Balaban J connectivity index is 1.85. The quantitative estimate of drug-likeness (QED) is 0.123. The minimum absolute atomic E-state index is 0.0396. The number of rotatable bonds is 6. The molecule has 5 rings (SSSR count). The number of benzene rings is 4. The molecule has 0 saturated carbocycles. The molecule has 0 fully saturated rings. The second-order valence-electron chi connectivity index (χ2n) is 13.2. The van der Waals surface area contributed by atoms with E-state index < -0.39 is 22.6 Å². The number of fused-ring (bicyclic) bond motifs is 1. The van der Waals surface area contributed by atoms with Crippen LogP contribution in [0.3, 0.4) is 0 Å². The van der Waals surface area contributed by atoms with Crippen LogP contribution >= 0.6 is 0 Å². The van der Waals surface area contributed by atoms with Gasteiger partial charge in [-0.1, -0.05) is 101 Å². The smallest absolute Gasteiger partial charge is 0.416 e. The van der Waals surface area contributed by atoms with E-state index in [-0.39, 0.29) is 27.9 Å². The van der Waals surface area contributed by atoms with E-state index in [1.54, 1.807) is 6.07 Å². The van der Waals surface area contributed by atoms with Crippen molar-refractivity contribution in [2.24, 2.45) is 5.41 Å². The summed E-state index contributed by atoms with van der Waals surface area (Å²) in [7, 11) is 0. The Morgan fingerprint density at radius 1 is 0.744 bits per heavy atom. The molecule has 1 N–H and O–H groups in total. The number of hydrogen-bond donors (Lipinski definition) is 1. The summed E-state index contributed by atoms with van der Waals surface area (Å²) >= 11 is 0. The van der Waals surface area contributed by atoms with Crippen molar-refractivity contribution in [1.82, 2.24) is 9.90 Å². The van der Waals surface area contributed by atoms with Gasteiger partial charge in [0, 0.05) is 17.0 Å². The molecule has 0 aliphatic carbocycles. The van der Waals surface area contributed by atoms with Crippen molar-refractivity contribution in [2.45, 2.75) is 65.0 Å². The molecule has 0 aliphatic heterocycles. The molecule has 0 radical (unpaired) electrons. The number of halogens is 3. The third-order valence-electron chi connectivity index (χ3n) is 8.18. The van der Waals surface area contributed by atoms with Crippen LogP contribution in [0, 0.1) is 10.6 Å². The van der Waals surface area contributed by atoms with Crippen LogP contribution in [0.1, 0.15) is 75.8 Å². The normalized spacial score (nSPS) is 13.0. The van der Waals surface area contributed by atoms with Crippen molar-refractivity contribution in [3.8, 4) is 11.4 Å². The lowest BCUT2D eigenvalue weighted by Gasteiger charge is -2.37. The molecule has 5 aromatic rings. The van der Waals surface area contributed by atoms with Gasteiger partial charge >= 0.3 is 6.18 Å². The van der Waals surface area contributed by atoms with E-state index >= 15 is 0 Å². The van der Waals surface area contributed by atoms with Crippen molar-refractivity contribution < 1.29 is 23.1 Å². The fraction of sp³-hybridized carbons (Fsp3) is 0.314. The zero-order valence-corrected chi connectivity index (χ0v) is 25.2. The largest absolute Gasteiger partial charge is 0.692 e. The van der Waals surface area contributed by atoms with Crippen LogP contribution in [-0.4, -0.2) is 15.0 Å². The Bertz CT molecular complexity index is 1730. The van der Waals surface area contributed by atoms with Gasteiger partial charge in [0.2, 0.25) is 5.52 Å². The van der Waals surface area contributed by atoms with Gasteiger partial charge in [0.15, 0.2) is 11.4 Å². The lowest BCUT2D eigenvalue weighted by molar-refractivity contribution is -0.664. The number of aromatic nitrogens is 3. The number of phenolic OH excluding ortho intramolecular Hbond substituents is 1. The summed E-state index contributed by atoms with van der Waals surface area (Å²) < 4.78 is 40.4. The summed E-state index contributed by atoms with van der Waals surface area (Å²) in [5.74, 6) is -0.182. The Kier molecular flexibility index (Phi) is 7.31. The first-order chi connectivity index (χ1) is 20.0. The minimum atomic E-state index is -4.59. The molecule has 43 heavy (non-hydrogen) atoms. The summed E-state index contributed by atoms with van der Waals surface area (Å²) in [5, 5.41) is 29.9. The van der Waals surface area contributed by atoms with Crippen molar-refractivity contribution in [3.05, 3.63) is 124 Å². The molecule has 1 heterocycles. The predicted molar refractivity (Wildman–Crippen MR) is 162 cm³/mol. The van der Waals surface area contributed by atoms with Crippen LogP contribution in [0.5, 0.6) is 5.75 Å². The van der Waals surface area contributed by atoms with Gasteiger partial charge in [-0.2, -0.15) is 13.2 Å². The average Bonchev–Trinajstić information content (AvgIpc) is 3.27. The lowest BCUT2D eigenvalue weighted by Crippen LogP contribution is -2.38. The van der Waals surface area contributed by atoms with Gasteiger partial charge in [-0.15, -0.1) is 4.85 Å². The van der Waals surface area contributed by atoms with E-state index in [1.165, 1.54) is 0 Å². The molecule has 0 aliphatic rings. The monoisotopic (exact) mass is 587 g/mol. The van der Waals surface area contributed by atoms with E-state index in [4.69, 9.17) is 0 Å². The summed E-state index contributed by atoms with van der Waals surface area (Å²) in [6.45, 7) is 12.7. The Morgan fingerprint density at radius 2 is 1.30 bits per heavy atom. The number of nitrogens with zero attached hydrogens (tertiary/aromatic N) is 3. The van der Waals surface area contributed by atoms with E-state index in [9.17, 15) is 23.5 Å². The lowest BCUT2D eigenvalue weighted by atomic mass is 9.67. The third-order valence-corrected chi connectivity index (χ3v) is 8.18. The summed E-state index contributed by atoms with van der Waals surface area (Å²) in [5.41, 5.74) is 0.953. The highest BCUT2D eigenvalue weighted by Gasteiger charge is 2.39. The highest BCUT2D eigenvalue weighted by Crippen LogP contribution is 2.47. The van der Waals surface area contributed by atoms with Crippen LogP contribution in [0.2, 0.25) is 0 Å². The van der Waals surface area contributed by atoms with E-state index in [0.29, 0.717) is 10.4 Å². The molecule has 8 heteroatoms. The molecule has 0 amide bonds. The summed E-state index contributed by atoms with van der Waals surface area (Å²) in [6.07, 6.45) is -3.81. The van der Waals surface area contributed by atoms with Gasteiger partial charge in [-0.25, -0.2) is 0 Å². The topological polar surface area (TPSA) is 65.0 Å². The number of hydrogen-bond acceptors (Lipinski definition) is 3. The van der Waals surface area contributed by atoms with Gasteiger partial charge < -0.3 is 10.3 Å². The second kappa shape index (κ2) is 10.4. The third kappa shape index (κ3) is 5.58. The Labute approximate surface area is 249 Å². The molecule has 0 spiro atoms. The molecular weight excluding hydrogens is 551 g/mol. The predicted octanol–water partition coefficient (Wildman–Crippen LogP) is 8.45. The van der Waals surface area contributed by atoms with Crippen LogP contribution < -0.4 is 4.85 Å².